The molecule has 258 valence electrons. The van der Waals surface area contributed by atoms with Crippen LogP contribution in [0.15, 0.2) is 143 Å². The third kappa shape index (κ3) is 7.26. The summed E-state index contributed by atoms with van der Waals surface area (Å²) in [7, 11) is 0. The van der Waals surface area contributed by atoms with E-state index in [9.17, 15) is 15.2 Å². The maximum Gasteiger partial charge on any atom is 0.346 e. The van der Waals surface area contributed by atoms with E-state index in [1.165, 1.54) is 54.6 Å². The average Bonchev–Trinajstić information content (AvgIpc) is 3.78. The van der Waals surface area contributed by atoms with E-state index >= 15 is 0 Å². The Labute approximate surface area is 304 Å². The molecule has 0 aliphatic carbocycles. The van der Waals surface area contributed by atoms with Crippen LogP contribution in [0.1, 0.15) is 51.2 Å². The maximum atomic E-state index is 11.4. The Hall–Kier alpha value is -6.32. The maximum absolute atomic E-state index is 11.4. The normalized spacial score (nSPS) is 11.6. The number of aliphatic carboxylic acids is 1. The smallest absolute Gasteiger partial charge is 0.346 e. The molecule has 0 unspecified atom stereocenters. The minimum Gasteiger partial charge on any atom is -0.477 e. The average molecular weight is 684 g/mol. The van der Waals surface area contributed by atoms with E-state index in [2.05, 4.69) is 126 Å². The van der Waals surface area contributed by atoms with Crippen molar-refractivity contribution in [2.75, 3.05) is 4.90 Å². The van der Waals surface area contributed by atoms with E-state index in [-0.39, 0.29) is 5.57 Å². The number of carbonyl (C=O) groups is 1. The molecule has 5 aromatic carbocycles. The van der Waals surface area contributed by atoms with Gasteiger partial charge >= 0.3 is 5.97 Å². The van der Waals surface area contributed by atoms with Crippen LogP contribution in [0.4, 0.5) is 17.1 Å². The van der Waals surface area contributed by atoms with Gasteiger partial charge in [-0.2, -0.15) is 5.26 Å². The summed E-state index contributed by atoms with van der Waals surface area (Å²) in [5.41, 5.74) is 8.44. The molecule has 7 aromatic rings. The van der Waals surface area contributed by atoms with Crippen LogP contribution < -0.4 is 4.90 Å². The SMILES string of the molecule is CCCCCCCCn1c2ccc(-c3ccc(N(c4ccccc4)c4ccccc4)cc3)cc2c2cc(-c3ccc(C=C(C#N)C(=O)O)o3)ccc21. The molecule has 0 amide bonds. The lowest BCUT2D eigenvalue weighted by Gasteiger charge is -2.25. The van der Waals surface area contributed by atoms with Gasteiger partial charge in [0.25, 0.3) is 0 Å². The zero-order chi connectivity index (χ0) is 35.9. The third-order valence-electron chi connectivity index (χ3n) is 9.64. The fourth-order valence-electron chi connectivity index (χ4n) is 7.00. The van der Waals surface area contributed by atoms with E-state index in [1.807, 2.05) is 18.2 Å². The monoisotopic (exact) mass is 683 g/mol. The number of fused-ring (bicyclic) bond motifs is 3. The van der Waals surface area contributed by atoms with Crippen LogP contribution in [0.5, 0.6) is 0 Å². The Balaban J connectivity index is 1.26. The zero-order valence-electron chi connectivity index (χ0n) is 29.3. The Bertz CT molecular complexity index is 2340. The number of hydrogen-bond acceptors (Lipinski definition) is 4. The first kappa shape index (κ1) is 34.1. The van der Waals surface area contributed by atoms with Crippen molar-refractivity contribution in [3.8, 4) is 28.5 Å². The van der Waals surface area contributed by atoms with Gasteiger partial charge in [0.2, 0.25) is 0 Å². The number of aryl methyl sites for hydroxylation is 1. The highest BCUT2D eigenvalue weighted by Gasteiger charge is 2.16. The molecule has 2 heterocycles. The zero-order valence-corrected chi connectivity index (χ0v) is 29.3. The van der Waals surface area contributed by atoms with E-state index < -0.39 is 5.97 Å². The minimum absolute atomic E-state index is 0.323. The van der Waals surface area contributed by atoms with Crippen molar-refractivity contribution in [1.82, 2.24) is 4.57 Å². The molecule has 0 fully saturated rings. The number of nitrogens with zero attached hydrogens (tertiary/aromatic N) is 3. The first-order valence-electron chi connectivity index (χ1n) is 18.1. The molecule has 6 nitrogen and oxygen atoms in total. The molecule has 0 radical (unpaired) electrons. The second-order valence-electron chi connectivity index (χ2n) is 13.1. The molecule has 0 aliphatic heterocycles. The van der Waals surface area contributed by atoms with Crippen molar-refractivity contribution < 1.29 is 14.3 Å². The van der Waals surface area contributed by atoms with Crippen LogP contribution in [0.3, 0.4) is 0 Å². The highest BCUT2D eigenvalue weighted by atomic mass is 16.4. The van der Waals surface area contributed by atoms with Gasteiger partial charge in [-0.3, -0.25) is 0 Å². The lowest BCUT2D eigenvalue weighted by Crippen LogP contribution is -2.09. The molecule has 0 aliphatic rings. The number of rotatable bonds is 14. The number of para-hydroxylation sites is 2. The number of nitriles is 1. The van der Waals surface area contributed by atoms with Crippen LogP contribution in [0.2, 0.25) is 0 Å². The van der Waals surface area contributed by atoms with Gasteiger partial charge in [-0.1, -0.05) is 93.6 Å². The van der Waals surface area contributed by atoms with Crippen molar-refractivity contribution >= 4 is 50.9 Å². The number of hydrogen-bond donors (Lipinski definition) is 1. The highest BCUT2D eigenvalue weighted by molar-refractivity contribution is 6.10. The van der Waals surface area contributed by atoms with Crippen LogP contribution in [0, 0.1) is 11.3 Å². The van der Waals surface area contributed by atoms with Gasteiger partial charge in [-0.15, -0.1) is 0 Å². The molecule has 2 aromatic heterocycles. The summed E-state index contributed by atoms with van der Waals surface area (Å²) < 4.78 is 8.46. The van der Waals surface area contributed by atoms with Gasteiger partial charge in [0, 0.05) is 57.1 Å². The fraction of sp³-hybridized carbons (Fsp3) is 0.174. The first-order valence-corrected chi connectivity index (χ1v) is 18.1. The number of unbranched alkanes of at least 4 members (excludes halogenated alkanes) is 5. The molecule has 0 bridgehead atoms. The second-order valence-corrected chi connectivity index (χ2v) is 13.1. The summed E-state index contributed by atoms with van der Waals surface area (Å²) in [6.07, 6.45) is 8.65. The lowest BCUT2D eigenvalue weighted by molar-refractivity contribution is -0.132. The lowest BCUT2D eigenvalue weighted by atomic mass is 10.0. The van der Waals surface area contributed by atoms with Crippen molar-refractivity contribution in [2.45, 2.75) is 52.0 Å². The van der Waals surface area contributed by atoms with Gasteiger partial charge < -0.3 is 19.0 Å². The number of carboxylic acid groups (broad SMARTS) is 1. The predicted molar refractivity (Wildman–Crippen MR) is 212 cm³/mol. The molecular formula is C46H41N3O3. The number of anilines is 3. The van der Waals surface area contributed by atoms with E-state index in [0.29, 0.717) is 11.5 Å². The number of aromatic nitrogens is 1. The van der Waals surface area contributed by atoms with Crippen molar-refractivity contribution in [3.05, 3.63) is 145 Å². The Morgan fingerprint density at radius 1 is 0.692 bits per heavy atom. The van der Waals surface area contributed by atoms with Crippen LogP contribution in [-0.2, 0) is 11.3 Å². The summed E-state index contributed by atoms with van der Waals surface area (Å²) in [6.45, 7) is 3.19. The van der Waals surface area contributed by atoms with Crippen molar-refractivity contribution in [3.63, 3.8) is 0 Å². The summed E-state index contributed by atoms with van der Waals surface area (Å²) >= 11 is 0. The molecule has 1 N–H and O–H groups in total. The number of benzene rings is 5. The highest BCUT2D eigenvalue weighted by Crippen LogP contribution is 2.38. The van der Waals surface area contributed by atoms with E-state index in [4.69, 9.17) is 4.42 Å². The van der Waals surface area contributed by atoms with Gasteiger partial charge in [0.05, 0.1) is 0 Å². The summed E-state index contributed by atoms with van der Waals surface area (Å²) in [5, 5.41) is 20.8. The Morgan fingerprint density at radius 2 is 1.25 bits per heavy atom. The van der Waals surface area contributed by atoms with Gasteiger partial charge in [0.15, 0.2) is 0 Å². The van der Waals surface area contributed by atoms with Gasteiger partial charge in [-0.05, 0) is 96.4 Å². The predicted octanol–water partition coefficient (Wildman–Crippen LogP) is 12.5. The fourth-order valence-corrected chi connectivity index (χ4v) is 7.00. The molecule has 6 heteroatoms. The standard InChI is InChI=1S/C46H41N3O3/c1-2-3-4-5-6-13-28-48-43-25-20-34(33-18-22-39(23-19-33)49(37-14-9-7-10-15-37)38-16-11-8-12-17-38)30-41(43)42-31-35(21-26-44(42)48)45-27-24-40(52-45)29-36(32-47)46(50)51/h7-12,14-27,29-31H,2-6,13,28H2,1H3,(H,50,51). The van der Waals surface area contributed by atoms with E-state index in [1.54, 1.807) is 12.1 Å². The number of furan rings is 1. The summed E-state index contributed by atoms with van der Waals surface area (Å²) in [6, 6.07) is 48.0. The number of carboxylic acids is 1. The summed E-state index contributed by atoms with van der Waals surface area (Å²) in [4.78, 5) is 13.6. The van der Waals surface area contributed by atoms with Crippen LogP contribution in [0.25, 0.3) is 50.3 Å². The summed E-state index contributed by atoms with van der Waals surface area (Å²) in [5.74, 6) is -0.348. The quantitative estimate of drug-likeness (QED) is 0.0701. The minimum atomic E-state index is -1.28. The Kier molecular flexibility index (Phi) is 10.3. The molecule has 0 saturated carbocycles. The third-order valence-corrected chi connectivity index (χ3v) is 9.64. The Morgan fingerprint density at radius 3 is 1.87 bits per heavy atom. The molecule has 0 atom stereocenters. The largest absolute Gasteiger partial charge is 0.477 e. The second kappa shape index (κ2) is 15.7. The van der Waals surface area contributed by atoms with Crippen LogP contribution in [-0.4, -0.2) is 15.6 Å². The molecule has 0 spiro atoms. The molecule has 52 heavy (non-hydrogen) atoms. The van der Waals surface area contributed by atoms with Gasteiger partial charge in [-0.25, -0.2) is 4.79 Å². The van der Waals surface area contributed by atoms with Crippen molar-refractivity contribution in [1.29, 1.82) is 5.26 Å². The van der Waals surface area contributed by atoms with Crippen molar-refractivity contribution in [2.24, 2.45) is 0 Å². The van der Waals surface area contributed by atoms with Crippen LogP contribution >= 0.6 is 0 Å². The first-order chi connectivity index (χ1) is 25.5. The molecule has 7 rings (SSSR count). The molecule has 0 saturated heterocycles. The van der Waals surface area contributed by atoms with Gasteiger partial charge in [0.1, 0.15) is 23.2 Å². The topological polar surface area (TPSA) is 82.4 Å². The van der Waals surface area contributed by atoms with E-state index in [0.717, 1.165) is 52.1 Å². The molecular weight excluding hydrogens is 643 g/mol.